The SMILES string of the molecule is c1ccc(N(c2ccc3c(c2)oc2ccccc23)c2ccc3c4c5cc(N(c6ccccc6)c6cccc7ccccc67)ccc5oc4n(-c4ccccc4)c3c2)cc1. The molecule has 5 heteroatoms. The van der Waals surface area contributed by atoms with E-state index in [-0.39, 0.29) is 0 Å². The Morgan fingerprint density at radius 3 is 1.71 bits per heavy atom. The zero-order valence-corrected chi connectivity index (χ0v) is 31.9. The second-order valence-electron chi connectivity index (χ2n) is 15.0. The molecule has 0 amide bonds. The number of furan rings is 2. The van der Waals surface area contributed by atoms with Crippen molar-refractivity contribution in [2.24, 2.45) is 0 Å². The Bertz CT molecular complexity index is 3510. The van der Waals surface area contributed by atoms with Gasteiger partial charge in [-0.3, -0.25) is 4.57 Å². The molecule has 0 unspecified atom stereocenters. The van der Waals surface area contributed by atoms with Crippen LogP contribution in [0.25, 0.3) is 71.4 Å². The number of rotatable bonds is 7. The molecule has 0 atom stereocenters. The van der Waals surface area contributed by atoms with Crippen molar-refractivity contribution in [1.29, 1.82) is 0 Å². The second-order valence-corrected chi connectivity index (χ2v) is 15.0. The Morgan fingerprint density at radius 2 is 0.915 bits per heavy atom. The molecule has 0 N–H and O–H groups in total. The van der Waals surface area contributed by atoms with Gasteiger partial charge >= 0.3 is 0 Å². The van der Waals surface area contributed by atoms with Gasteiger partial charge in [0.15, 0.2) is 0 Å². The van der Waals surface area contributed by atoms with Crippen LogP contribution >= 0.6 is 0 Å². The van der Waals surface area contributed by atoms with Crippen molar-refractivity contribution < 1.29 is 8.83 Å². The highest BCUT2D eigenvalue weighted by molar-refractivity contribution is 6.21. The van der Waals surface area contributed by atoms with E-state index in [1.165, 1.54) is 10.8 Å². The molecule has 12 aromatic rings. The van der Waals surface area contributed by atoms with Crippen LogP contribution in [0.1, 0.15) is 0 Å². The predicted molar refractivity (Wildman–Crippen MR) is 245 cm³/mol. The highest BCUT2D eigenvalue weighted by atomic mass is 16.3. The van der Waals surface area contributed by atoms with Gasteiger partial charge in [0, 0.05) is 67.1 Å². The minimum absolute atomic E-state index is 0.807. The molecule has 0 saturated heterocycles. The lowest BCUT2D eigenvalue weighted by Crippen LogP contribution is -2.10. The maximum Gasteiger partial charge on any atom is 0.213 e. The standard InChI is InChI=1S/C54H35N3O2/c1-4-17-37(18-5-1)55(42-27-30-45-44-24-12-13-26-50(44)58-52(45)35-42)41-28-31-46-49(34-41)57(39-21-8-3-9-22-39)54-53(46)47-33-40(29-32-51(47)59-54)56(38-19-6-2-7-20-38)48-25-14-16-36-15-10-11-23-43(36)48/h1-35H. The first-order valence-electron chi connectivity index (χ1n) is 19.9. The quantitative estimate of drug-likeness (QED) is 0.162. The Kier molecular flexibility index (Phi) is 7.47. The first kappa shape index (κ1) is 33.2. The highest BCUT2D eigenvalue weighted by Gasteiger charge is 2.24. The Morgan fingerprint density at radius 1 is 0.339 bits per heavy atom. The van der Waals surface area contributed by atoms with Crippen molar-refractivity contribution in [2.75, 3.05) is 9.80 Å². The van der Waals surface area contributed by atoms with Crippen molar-refractivity contribution >= 4 is 99.8 Å². The zero-order valence-electron chi connectivity index (χ0n) is 31.9. The second kappa shape index (κ2) is 13.3. The minimum atomic E-state index is 0.807. The summed E-state index contributed by atoms with van der Waals surface area (Å²) < 4.78 is 15.6. The topological polar surface area (TPSA) is 37.7 Å². The smallest absolute Gasteiger partial charge is 0.213 e. The summed E-state index contributed by atoms with van der Waals surface area (Å²) in [5.41, 5.74) is 11.8. The van der Waals surface area contributed by atoms with Gasteiger partial charge in [0.05, 0.1) is 16.6 Å². The Balaban J connectivity index is 1.09. The summed E-state index contributed by atoms with van der Waals surface area (Å²) in [7, 11) is 0. The zero-order chi connectivity index (χ0) is 38.9. The largest absolute Gasteiger partial charge is 0.456 e. The van der Waals surface area contributed by atoms with Gasteiger partial charge in [0.1, 0.15) is 16.7 Å². The lowest BCUT2D eigenvalue weighted by Gasteiger charge is -2.27. The summed E-state index contributed by atoms with van der Waals surface area (Å²) in [6, 6.07) is 74.8. The van der Waals surface area contributed by atoms with Crippen LogP contribution in [0.3, 0.4) is 0 Å². The minimum Gasteiger partial charge on any atom is -0.456 e. The van der Waals surface area contributed by atoms with Crippen LogP contribution in [-0.2, 0) is 0 Å². The monoisotopic (exact) mass is 757 g/mol. The van der Waals surface area contributed by atoms with E-state index in [1.54, 1.807) is 0 Å². The summed E-state index contributed by atoms with van der Waals surface area (Å²) in [5.74, 6) is 0. The van der Waals surface area contributed by atoms with Crippen LogP contribution in [0, 0.1) is 0 Å². The van der Waals surface area contributed by atoms with Gasteiger partial charge in [0.2, 0.25) is 5.71 Å². The molecular formula is C54H35N3O2. The third kappa shape index (κ3) is 5.33. The number of aromatic nitrogens is 1. The van der Waals surface area contributed by atoms with Gasteiger partial charge in [-0.1, -0.05) is 109 Å². The first-order valence-corrected chi connectivity index (χ1v) is 19.9. The third-order valence-electron chi connectivity index (χ3n) is 11.5. The van der Waals surface area contributed by atoms with Crippen LogP contribution in [0.5, 0.6) is 0 Å². The predicted octanol–water partition coefficient (Wildman–Crippen LogP) is 15.5. The fourth-order valence-corrected chi connectivity index (χ4v) is 8.91. The van der Waals surface area contributed by atoms with E-state index < -0.39 is 0 Å². The number of hydrogen-bond acceptors (Lipinski definition) is 4. The van der Waals surface area contributed by atoms with E-state index in [0.29, 0.717) is 0 Å². The first-order chi connectivity index (χ1) is 29.3. The molecular weight excluding hydrogens is 723 g/mol. The van der Waals surface area contributed by atoms with Gasteiger partial charge in [0.25, 0.3) is 0 Å². The number of fused-ring (bicyclic) bond motifs is 9. The molecule has 0 bridgehead atoms. The summed E-state index contributed by atoms with van der Waals surface area (Å²) >= 11 is 0. The molecule has 12 rings (SSSR count). The summed E-state index contributed by atoms with van der Waals surface area (Å²) in [5, 5.41) is 7.84. The summed E-state index contributed by atoms with van der Waals surface area (Å²) in [6.07, 6.45) is 0. The van der Waals surface area contributed by atoms with E-state index in [0.717, 1.165) is 94.7 Å². The van der Waals surface area contributed by atoms with Gasteiger partial charge in [-0.15, -0.1) is 0 Å². The van der Waals surface area contributed by atoms with Crippen molar-refractivity contribution in [3.8, 4) is 5.69 Å². The highest BCUT2D eigenvalue weighted by Crippen LogP contribution is 2.46. The van der Waals surface area contributed by atoms with E-state index in [4.69, 9.17) is 8.83 Å². The molecule has 3 aromatic heterocycles. The van der Waals surface area contributed by atoms with Crippen molar-refractivity contribution in [3.63, 3.8) is 0 Å². The molecule has 59 heavy (non-hydrogen) atoms. The molecule has 278 valence electrons. The average molecular weight is 758 g/mol. The molecule has 0 aliphatic carbocycles. The fourth-order valence-electron chi connectivity index (χ4n) is 8.91. The third-order valence-corrected chi connectivity index (χ3v) is 11.5. The maximum atomic E-state index is 6.90. The molecule has 3 heterocycles. The van der Waals surface area contributed by atoms with E-state index >= 15 is 0 Å². The number of nitrogens with zero attached hydrogens (tertiary/aromatic N) is 3. The van der Waals surface area contributed by atoms with Crippen LogP contribution in [0.4, 0.5) is 34.1 Å². The normalized spacial score (nSPS) is 11.7. The van der Waals surface area contributed by atoms with E-state index in [2.05, 4.69) is 215 Å². The molecule has 0 radical (unpaired) electrons. The lowest BCUT2D eigenvalue weighted by molar-refractivity contribution is 0.645. The van der Waals surface area contributed by atoms with Gasteiger partial charge in [-0.25, -0.2) is 0 Å². The van der Waals surface area contributed by atoms with E-state index in [9.17, 15) is 0 Å². The van der Waals surface area contributed by atoms with E-state index in [1.807, 2.05) is 12.1 Å². The molecule has 0 aliphatic rings. The van der Waals surface area contributed by atoms with Gasteiger partial charge in [-0.2, -0.15) is 0 Å². The van der Waals surface area contributed by atoms with Crippen molar-refractivity contribution in [3.05, 3.63) is 212 Å². The van der Waals surface area contributed by atoms with Crippen molar-refractivity contribution in [2.45, 2.75) is 0 Å². The van der Waals surface area contributed by atoms with Gasteiger partial charge < -0.3 is 18.6 Å². The van der Waals surface area contributed by atoms with Crippen LogP contribution < -0.4 is 9.80 Å². The summed E-state index contributed by atoms with van der Waals surface area (Å²) in [6.45, 7) is 0. The number of para-hydroxylation sites is 4. The number of benzene rings is 9. The molecule has 0 saturated carbocycles. The fraction of sp³-hybridized carbons (Fsp3) is 0. The van der Waals surface area contributed by atoms with Crippen molar-refractivity contribution in [1.82, 2.24) is 4.57 Å². The van der Waals surface area contributed by atoms with Crippen LogP contribution in [-0.4, -0.2) is 4.57 Å². The van der Waals surface area contributed by atoms with Gasteiger partial charge in [-0.05, 0) is 102 Å². The lowest BCUT2D eigenvalue weighted by atomic mass is 10.1. The van der Waals surface area contributed by atoms with Crippen LogP contribution in [0.15, 0.2) is 221 Å². The molecule has 9 aromatic carbocycles. The maximum absolute atomic E-state index is 6.90. The Hall–Kier alpha value is -8.02. The average Bonchev–Trinajstić information content (AvgIpc) is 3.96. The molecule has 0 aliphatic heterocycles. The number of hydrogen-bond donors (Lipinski definition) is 0. The Labute approximate surface area is 339 Å². The molecule has 0 fully saturated rings. The number of anilines is 6. The van der Waals surface area contributed by atoms with Crippen LogP contribution in [0.2, 0.25) is 0 Å². The summed E-state index contributed by atoms with van der Waals surface area (Å²) in [4.78, 5) is 4.65. The molecule has 5 nitrogen and oxygen atoms in total. The molecule has 0 spiro atoms.